The number of nitrogens with one attached hydrogen (secondary N) is 1. The van der Waals surface area contributed by atoms with E-state index in [0.29, 0.717) is 40.4 Å². The number of Topliss-reactive ketones (excluding diaryl/α,β-unsaturated/α-hetero) is 1. The lowest BCUT2D eigenvalue weighted by Gasteiger charge is -2.10. The molecule has 0 atom stereocenters. The molecule has 5 aromatic rings. The number of hydrogen-bond acceptors (Lipinski definition) is 7. The van der Waals surface area contributed by atoms with Gasteiger partial charge in [0.2, 0.25) is 11.8 Å². The molecule has 0 saturated carbocycles. The molecule has 37 heavy (non-hydrogen) atoms. The average molecular weight is 499 g/mol. The molecule has 3 heterocycles. The molecule has 188 valence electrons. The number of hydrogen-bond donors (Lipinski definition) is 1. The maximum atomic E-state index is 13.6. The van der Waals surface area contributed by atoms with Crippen molar-refractivity contribution in [3.05, 3.63) is 82.0 Å². The third-order valence-corrected chi connectivity index (χ3v) is 6.15. The molecule has 2 aromatic carbocycles. The summed E-state index contributed by atoms with van der Waals surface area (Å²) < 4.78 is 8.40. The van der Waals surface area contributed by atoms with Gasteiger partial charge in [-0.1, -0.05) is 23.7 Å². The van der Waals surface area contributed by atoms with Crippen LogP contribution in [0.15, 0.2) is 58.1 Å². The lowest BCUT2D eigenvalue weighted by Crippen LogP contribution is -2.25. The monoisotopic (exact) mass is 498 g/mol. The minimum Gasteiger partial charge on any atom is -0.337 e. The van der Waals surface area contributed by atoms with E-state index in [9.17, 15) is 14.4 Å². The van der Waals surface area contributed by atoms with E-state index in [2.05, 4.69) is 20.4 Å². The van der Waals surface area contributed by atoms with Crippen molar-refractivity contribution >= 4 is 39.3 Å². The first-order chi connectivity index (χ1) is 17.8. The summed E-state index contributed by atoms with van der Waals surface area (Å²) in [7, 11) is 0. The predicted octanol–water partition coefficient (Wildman–Crippen LogP) is 3.88. The van der Waals surface area contributed by atoms with E-state index in [1.165, 1.54) is 17.8 Å². The summed E-state index contributed by atoms with van der Waals surface area (Å²) in [6.45, 7) is 5.45. The zero-order valence-electron chi connectivity index (χ0n) is 20.8. The number of aryl methyl sites for hydroxylation is 2. The molecule has 0 aliphatic rings. The van der Waals surface area contributed by atoms with Gasteiger partial charge in [-0.05, 0) is 56.7 Å². The maximum absolute atomic E-state index is 13.6. The van der Waals surface area contributed by atoms with Gasteiger partial charge >= 0.3 is 0 Å². The van der Waals surface area contributed by atoms with Crippen LogP contribution in [0.5, 0.6) is 0 Å². The van der Waals surface area contributed by atoms with Gasteiger partial charge < -0.3 is 14.4 Å². The van der Waals surface area contributed by atoms with E-state index in [1.54, 1.807) is 28.8 Å². The highest BCUT2D eigenvalue weighted by Crippen LogP contribution is 2.26. The SMILES string of the molecule is CCCc1noc(Cn2cnc3c4cc(C)ccc4n(CC(=O)Nc4ccc(C(C)=O)cc4)c3c2=O)n1. The van der Waals surface area contributed by atoms with Crippen LogP contribution in [0.1, 0.15) is 47.9 Å². The summed E-state index contributed by atoms with van der Waals surface area (Å²) in [4.78, 5) is 47.1. The second kappa shape index (κ2) is 9.81. The van der Waals surface area contributed by atoms with Gasteiger partial charge in [0.1, 0.15) is 24.1 Å². The summed E-state index contributed by atoms with van der Waals surface area (Å²) in [6, 6.07) is 12.5. The molecular formula is C27H26N6O4. The molecule has 1 N–H and O–H groups in total. The van der Waals surface area contributed by atoms with Gasteiger partial charge in [-0.25, -0.2) is 4.98 Å². The molecule has 10 nitrogen and oxygen atoms in total. The molecule has 1 amide bonds. The Bertz CT molecular complexity index is 1690. The first-order valence-corrected chi connectivity index (χ1v) is 12.0. The number of amides is 1. The van der Waals surface area contributed by atoms with Crippen LogP contribution in [-0.2, 0) is 24.3 Å². The number of ketones is 1. The summed E-state index contributed by atoms with van der Waals surface area (Å²) in [5, 5.41) is 7.59. The Morgan fingerprint density at radius 1 is 1.11 bits per heavy atom. The van der Waals surface area contributed by atoms with E-state index in [-0.39, 0.29) is 30.3 Å². The van der Waals surface area contributed by atoms with Gasteiger partial charge in [0.15, 0.2) is 11.6 Å². The Morgan fingerprint density at radius 2 is 1.89 bits per heavy atom. The molecule has 0 radical (unpaired) electrons. The standard InChI is InChI=1S/C27H26N6O4/c1-4-5-22-30-24(37-31-22)14-32-15-28-25-20-12-16(2)6-11-21(20)33(26(25)27(32)36)13-23(35)29-19-9-7-18(8-10-19)17(3)34/h6-12,15H,4-5,13-14H2,1-3H3,(H,29,35). The van der Waals surface area contributed by atoms with Gasteiger partial charge in [0.05, 0.1) is 11.8 Å². The summed E-state index contributed by atoms with van der Waals surface area (Å²) in [5.74, 6) is 0.546. The first kappa shape index (κ1) is 24.1. The highest BCUT2D eigenvalue weighted by Gasteiger charge is 2.20. The largest absolute Gasteiger partial charge is 0.337 e. The molecule has 0 spiro atoms. The third-order valence-electron chi connectivity index (χ3n) is 6.15. The minimum absolute atomic E-state index is 0.0515. The topological polar surface area (TPSA) is 125 Å². The van der Waals surface area contributed by atoms with E-state index in [0.717, 1.165) is 22.9 Å². The van der Waals surface area contributed by atoms with Crippen LogP contribution in [0.3, 0.4) is 0 Å². The summed E-state index contributed by atoms with van der Waals surface area (Å²) in [5.41, 5.74) is 3.39. The van der Waals surface area contributed by atoms with Gasteiger partial charge in [-0.2, -0.15) is 4.98 Å². The number of nitrogens with zero attached hydrogens (tertiary/aromatic N) is 5. The average Bonchev–Trinajstić information content (AvgIpc) is 3.43. The number of anilines is 1. The van der Waals surface area contributed by atoms with Gasteiger partial charge in [-0.3, -0.25) is 19.0 Å². The second-order valence-electron chi connectivity index (χ2n) is 9.02. The van der Waals surface area contributed by atoms with Gasteiger partial charge in [-0.15, -0.1) is 0 Å². The fourth-order valence-corrected chi connectivity index (χ4v) is 4.35. The Hall–Kier alpha value is -4.60. The fraction of sp³-hybridized carbons (Fsp3) is 0.259. The van der Waals surface area contributed by atoms with E-state index >= 15 is 0 Å². The van der Waals surface area contributed by atoms with E-state index in [1.807, 2.05) is 32.0 Å². The Balaban J connectivity index is 1.52. The third kappa shape index (κ3) is 4.77. The molecule has 0 aliphatic carbocycles. The Kier molecular flexibility index (Phi) is 6.39. The number of carbonyl (C=O) groups excluding carboxylic acids is 2. The van der Waals surface area contributed by atoms with Crippen LogP contribution in [0.25, 0.3) is 21.9 Å². The van der Waals surface area contributed by atoms with Crippen LogP contribution < -0.4 is 10.9 Å². The highest BCUT2D eigenvalue weighted by atomic mass is 16.5. The zero-order valence-corrected chi connectivity index (χ0v) is 20.8. The zero-order chi connectivity index (χ0) is 26.1. The molecule has 10 heteroatoms. The fourth-order valence-electron chi connectivity index (χ4n) is 4.35. The highest BCUT2D eigenvalue weighted by molar-refractivity contribution is 6.07. The van der Waals surface area contributed by atoms with Crippen LogP contribution in [0.4, 0.5) is 5.69 Å². The quantitative estimate of drug-likeness (QED) is 0.322. The minimum atomic E-state index is -0.314. The molecule has 3 aromatic heterocycles. The Morgan fingerprint density at radius 3 is 2.62 bits per heavy atom. The molecule has 0 fully saturated rings. The molecular weight excluding hydrogens is 472 g/mol. The number of benzene rings is 2. The Labute approximate surface area is 211 Å². The van der Waals surface area contributed by atoms with E-state index in [4.69, 9.17) is 4.52 Å². The lowest BCUT2D eigenvalue weighted by atomic mass is 10.1. The van der Waals surface area contributed by atoms with Crippen molar-refractivity contribution in [2.45, 2.75) is 46.7 Å². The van der Waals surface area contributed by atoms with Crippen LogP contribution >= 0.6 is 0 Å². The summed E-state index contributed by atoms with van der Waals surface area (Å²) >= 11 is 0. The van der Waals surface area contributed by atoms with Crippen molar-refractivity contribution in [2.24, 2.45) is 0 Å². The van der Waals surface area contributed by atoms with Crippen LogP contribution in [0, 0.1) is 6.92 Å². The van der Waals surface area contributed by atoms with Crippen molar-refractivity contribution in [3.8, 4) is 0 Å². The summed E-state index contributed by atoms with van der Waals surface area (Å²) in [6.07, 6.45) is 3.04. The molecule has 5 rings (SSSR count). The molecule has 0 unspecified atom stereocenters. The maximum Gasteiger partial charge on any atom is 0.278 e. The van der Waals surface area contributed by atoms with Crippen molar-refractivity contribution in [3.63, 3.8) is 0 Å². The molecule has 0 bridgehead atoms. The number of aromatic nitrogens is 5. The number of carbonyl (C=O) groups is 2. The van der Waals surface area contributed by atoms with Crippen molar-refractivity contribution in [1.82, 2.24) is 24.3 Å². The predicted molar refractivity (Wildman–Crippen MR) is 139 cm³/mol. The van der Waals surface area contributed by atoms with Crippen molar-refractivity contribution < 1.29 is 14.1 Å². The van der Waals surface area contributed by atoms with Crippen LogP contribution in [0.2, 0.25) is 0 Å². The number of fused-ring (bicyclic) bond motifs is 3. The van der Waals surface area contributed by atoms with Gasteiger partial charge in [0, 0.05) is 23.1 Å². The molecule has 0 aliphatic heterocycles. The normalized spacial score (nSPS) is 11.3. The van der Waals surface area contributed by atoms with Crippen molar-refractivity contribution in [1.29, 1.82) is 0 Å². The van der Waals surface area contributed by atoms with Gasteiger partial charge in [0.25, 0.3) is 5.56 Å². The van der Waals surface area contributed by atoms with Crippen LogP contribution in [-0.4, -0.2) is 35.9 Å². The first-order valence-electron chi connectivity index (χ1n) is 12.0. The second-order valence-corrected chi connectivity index (χ2v) is 9.02. The van der Waals surface area contributed by atoms with Crippen molar-refractivity contribution in [2.75, 3.05) is 5.32 Å². The smallest absolute Gasteiger partial charge is 0.278 e. The molecule has 0 saturated heterocycles. The lowest BCUT2D eigenvalue weighted by molar-refractivity contribution is -0.116. The number of rotatable bonds is 8. The van der Waals surface area contributed by atoms with E-state index < -0.39 is 0 Å².